The van der Waals surface area contributed by atoms with Crippen molar-refractivity contribution in [1.29, 1.82) is 0 Å². The van der Waals surface area contributed by atoms with E-state index >= 15 is 0 Å². The van der Waals surface area contributed by atoms with Gasteiger partial charge in [0.25, 0.3) is 11.8 Å². The number of aliphatic hydroxyl groups is 1. The minimum Gasteiger partial charge on any atom is -0.387 e. The molecule has 5 amide bonds. The Kier molecular flexibility index (Phi) is 14.8. The van der Waals surface area contributed by atoms with Gasteiger partial charge in [-0.05, 0) is 98.1 Å². The Morgan fingerprint density at radius 2 is 1.65 bits per heavy atom. The van der Waals surface area contributed by atoms with Crippen molar-refractivity contribution < 1.29 is 29.1 Å². The number of hydrogen-bond donors (Lipinski definition) is 5. The minimum atomic E-state index is -0.859. The summed E-state index contributed by atoms with van der Waals surface area (Å²) in [6.45, 7) is 8.74. The van der Waals surface area contributed by atoms with Crippen molar-refractivity contribution in [2.75, 3.05) is 44.6 Å². The van der Waals surface area contributed by atoms with Gasteiger partial charge in [0.05, 0.1) is 17.6 Å². The summed E-state index contributed by atoms with van der Waals surface area (Å²) in [5.41, 5.74) is 12.8. The number of carbonyl (C=O) groups is 5. The van der Waals surface area contributed by atoms with Crippen LogP contribution in [0.2, 0.25) is 0 Å². The highest BCUT2D eigenvalue weighted by Crippen LogP contribution is 2.32. The number of carbonyl (C=O) groups excluding carboxylic acids is 5. The van der Waals surface area contributed by atoms with Gasteiger partial charge < -0.3 is 36.6 Å². The Labute approximate surface area is 368 Å². The van der Waals surface area contributed by atoms with Crippen LogP contribution in [0.25, 0.3) is 6.08 Å². The van der Waals surface area contributed by atoms with Crippen molar-refractivity contribution in [2.24, 2.45) is 22.6 Å². The number of anilines is 1. The molecule has 0 spiro atoms. The van der Waals surface area contributed by atoms with Crippen molar-refractivity contribution in [2.45, 2.75) is 84.5 Å². The van der Waals surface area contributed by atoms with E-state index in [0.29, 0.717) is 79.7 Å². The molecule has 4 aliphatic rings. The number of nitrogens with one attached hydrogen (secondary N) is 3. The zero-order valence-corrected chi connectivity index (χ0v) is 36.3. The first-order valence-corrected chi connectivity index (χ1v) is 22.3. The van der Waals surface area contributed by atoms with E-state index in [-0.39, 0.29) is 47.8 Å². The molecule has 1 saturated carbocycles. The number of pyridine rings is 1. The van der Waals surface area contributed by atoms with Crippen LogP contribution in [0, 0.1) is 11.8 Å². The molecule has 63 heavy (non-hydrogen) atoms. The van der Waals surface area contributed by atoms with E-state index in [2.05, 4.69) is 44.7 Å². The number of fused-ring (bicyclic) bond motifs is 2. The monoisotopic (exact) mass is 857 g/mol. The largest absolute Gasteiger partial charge is 0.387 e. The second-order valence-corrected chi connectivity index (χ2v) is 17.0. The van der Waals surface area contributed by atoms with Gasteiger partial charge in [0.1, 0.15) is 12.1 Å². The van der Waals surface area contributed by atoms with E-state index < -0.39 is 6.23 Å². The van der Waals surface area contributed by atoms with Crippen LogP contribution in [-0.4, -0.2) is 106 Å². The Balaban J connectivity index is 0.855. The van der Waals surface area contributed by atoms with Gasteiger partial charge in [0.2, 0.25) is 17.7 Å². The molecule has 15 heteroatoms. The fourth-order valence-corrected chi connectivity index (χ4v) is 8.83. The smallest absolute Gasteiger partial charge is 0.255 e. The lowest BCUT2D eigenvalue weighted by Gasteiger charge is -2.31. The molecule has 1 atom stereocenters. The van der Waals surface area contributed by atoms with E-state index in [1.807, 2.05) is 41.3 Å². The number of nitrogens with two attached hydrogens (primary N) is 1. The number of aliphatic imine (C=N–C) groups is 1. The Morgan fingerprint density at radius 1 is 0.921 bits per heavy atom. The molecule has 15 nitrogen and oxygen atoms in total. The second kappa shape index (κ2) is 20.8. The summed E-state index contributed by atoms with van der Waals surface area (Å²) in [6.07, 6.45) is 11.4. The van der Waals surface area contributed by atoms with Crippen LogP contribution in [0.4, 0.5) is 11.4 Å². The summed E-state index contributed by atoms with van der Waals surface area (Å²) < 4.78 is 0. The van der Waals surface area contributed by atoms with E-state index in [1.165, 1.54) is 17.1 Å². The predicted molar refractivity (Wildman–Crippen MR) is 242 cm³/mol. The molecule has 1 unspecified atom stereocenters. The average molecular weight is 858 g/mol. The van der Waals surface area contributed by atoms with Gasteiger partial charge >= 0.3 is 0 Å². The van der Waals surface area contributed by atoms with Crippen LogP contribution < -0.4 is 21.7 Å². The number of amidine groups is 1. The highest BCUT2D eigenvalue weighted by atomic mass is 16.3. The lowest BCUT2D eigenvalue weighted by Crippen LogP contribution is -2.41. The van der Waals surface area contributed by atoms with Gasteiger partial charge in [0.15, 0.2) is 0 Å². The predicted octanol–water partition coefficient (Wildman–Crippen LogP) is 4.69. The maximum Gasteiger partial charge on any atom is 0.255 e. The topological polar surface area (TPSA) is 203 Å². The van der Waals surface area contributed by atoms with Gasteiger partial charge in [0, 0.05) is 105 Å². The molecule has 3 aliphatic heterocycles. The van der Waals surface area contributed by atoms with E-state index in [9.17, 15) is 29.1 Å². The van der Waals surface area contributed by atoms with Gasteiger partial charge in [-0.15, -0.1) is 0 Å². The number of hydrogen-bond acceptors (Lipinski definition) is 10. The van der Waals surface area contributed by atoms with Crippen LogP contribution in [0.5, 0.6) is 0 Å². The van der Waals surface area contributed by atoms with E-state index in [1.54, 1.807) is 24.4 Å². The van der Waals surface area contributed by atoms with Crippen molar-refractivity contribution in [3.8, 4) is 0 Å². The third-order valence-electron chi connectivity index (χ3n) is 12.2. The molecule has 7 rings (SSSR count). The molecule has 4 heterocycles. The summed E-state index contributed by atoms with van der Waals surface area (Å²) in [5, 5.41) is 18.8. The van der Waals surface area contributed by atoms with E-state index in [0.717, 1.165) is 73.9 Å². The van der Waals surface area contributed by atoms with Crippen LogP contribution in [0.1, 0.15) is 102 Å². The SMILES string of the molecule is CCCN(CCC)C(=O)C1=Cc2ccc(C(=O)Nc3cnc4c(c3)CN(Cc3ccc(C(=O)NCCNC(=O)C5CCC(CN6C(=O)C=CC6O)CC5)cc3)CC4)cc2N=C(N)C1. The third-order valence-corrected chi connectivity index (χ3v) is 12.2. The third kappa shape index (κ3) is 11.4. The minimum absolute atomic E-state index is 0.0184. The van der Waals surface area contributed by atoms with Crippen molar-refractivity contribution in [3.05, 3.63) is 106 Å². The number of aromatic nitrogens is 1. The molecule has 1 fully saturated rings. The summed E-state index contributed by atoms with van der Waals surface area (Å²) in [7, 11) is 0. The molecular weight excluding hydrogens is 799 g/mol. The molecule has 0 bridgehead atoms. The lowest BCUT2D eigenvalue weighted by atomic mass is 9.81. The molecule has 2 aromatic carbocycles. The molecule has 1 aliphatic carbocycles. The fourth-order valence-electron chi connectivity index (χ4n) is 8.83. The van der Waals surface area contributed by atoms with Crippen molar-refractivity contribution >= 4 is 52.8 Å². The van der Waals surface area contributed by atoms with Crippen molar-refractivity contribution in [1.82, 2.24) is 30.3 Å². The molecule has 0 saturated heterocycles. The van der Waals surface area contributed by atoms with Gasteiger partial charge in [-0.2, -0.15) is 0 Å². The van der Waals surface area contributed by atoms with Crippen molar-refractivity contribution in [3.63, 3.8) is 0 Å². The molecule has 3 aromatic rings. The Hall–Kier alpha value is -6.19. The average Bonchev–Trinajstić information content (AvgIpc) is 3.49. The first kappa shape index (κ1) is 44.9. The summed E-state index contributed by atoms with van der Waals surface area (Å²) in [6, 6.07) is 14.7. The summed E-state index contributed by atoms with van der Waals surface area (Å²) in [4.78, 5) is 79.3. The molecular formula is C48H59N9O6. The number of aliphatic hydroxyl groups excluding tert-OH is 1. The first-order chi connectivity index (χ1) is 30.5. The molecule has 6 N–H and O–H groups in total. The van der Waals surface area contributed by atoms with Crippen LogP contribution in [0.15, 0.2) is 77.4 Å². The number of nitrogens with zero attached hydrogens (tertiary/aromatic N) is 5. The normalized spacial score (nSPS) is 19.6. The highest BCUT2D eigenvalue weighted by Gasteiger charge is 2.31. The standard InChI is InChI=1S/C48H59N9O6/c1-3-20-56(21-4-2)48(63)37-23-35-13-14-36(25-41(35)54-42(49)26-37)47(62)53-39-24-38-30-55(22-17-40(38)52-27-39)28-31-5-9-33(10-6-31)45(60)50-18-19-51-46(61)34-11-7-32(8-12-34)29-57-43(58)15-16-44(57)59/h5-6,9-10,13-16,23-25,27,32,34,43,58H,3-4,7-8,11-12,17-22,26,28-30H2,1-2H3,(H2,49,54)(H,50,60)(H,51,61)(H,53,62). The Bertz CT molecular complexity index is 2280. The number of rotatable bonds is 16. The van der Waals surface area contributed by atoms with E-state index in [4.69, 9.17) is 5.73 Å². The van der Waals surface area contributed by atoms with Gasteiger partial charge in [-0.25, -0.2) is 4.99 Å². The van der Waals surface area contributed by atoms with Crippen LogP contribution >= 0.6 is 0 Å². The first-order valence-electron chi connectivity index (χ1n) is 22.3. The zero-order chi connectivity index (χ0) is 44.5. The van der Waals surface area contributed by atoms with Gasteiger partial charge in [-0.3, -0.25) is 33.9 Å². The molecule has 332 valence electrons. The summed E-state index contributed by atoms with van der Waals surface area (Å²) in [5.74, 6) is -0.256. The number of amides is 5. The van der Waals surface area contributed by atoms with Gasteiger partial charge in [-0.1, -0.05) is 32.0 Å². The highest BCUT2D eigenvalue weighted by molar-refractivity contribution is 6.08. The lowest BCUT2D eigenvalue weighted by molar-refractivity contribution is -0.133. The maximum atomic E-state index is 13.5. The summed E-state index contributed by atoms with van der Waals surface area (Å²) >= 11 is 0. The number of benzene rings is 2. The maximum absolute atomic E-state index is 13.5. The second-order valence-electron chi connectivity index (χ2n) is 17.0. The van der Waals surface area contributed by atoms with Crippen LogP contribution in [0.3, 0.4) is 0 Å². The molecule has 1 aromatic heterocycles. The Morgan fingerprint density at radius 3 is 2.37 bits per heavy atom. The fraction of sp³-hybridized carbons (Fsp3) is 0.438. The quantitative estimate of drug-likeness (QED) is 0.127. The zero-order valence-electron chi connectivity index (χ0n) is 36.3. The van der Waals surface area contributed by atoms with Crippen LogP contribution in [-0.2, 0) is 33.9 Å². The molecule has 0 radical (unpaired) electrons.